The number of hydrogen-bond acceptors (Lipinski definition) is 4. The molecule has 0 spiro atoms. The molecule has 0 saturated heterocycles. The molecule has 2 rings (SSSR count). The van der Waals surface area contributed by atoms with E-state index >= 15 is 0 Å². The molecule has 0 bridgehead atoms. The first-order valence-corrected chi connectivity index (χ1v) is 5.20. The monoisotopic (exact) mass is 239 g/mol. The molecule has 0 aliphatic heterocycles. The molecule has 88 valence electrons. The smallest absolute Gasteiger partial charge is 0.256 e. The van der Waals surface area contributed by atoms with Gasteiger partial charge in [-0.15, -0.1) is 0 Å². The van der Waals surface area contributed by atoms with Gasteiger partial charge >= 0.3 is 0 Å². The van der Waals surface area contributed by atoms with E-state index in [2.05, 4.69) is 15.3 Å². The lowest BCUT2D eigenvalue weighted by molar-refractivity contribution is 0.102. The molecule has 1 N–H and O–H groups in total. The second-order valence-corrected chi connectivity index (χ2v) is 3.42. The molecule has 18 heavy (non-hydrogen) atoms. The number of rotatable bonds is 3. The third-order valence-electron chi connectivity index (χ3n) is 2.21. The summed E-state index contributed by atoms with van der Waals surface area (Å²) in [7, 11) is 0. The lowest BCUT2D eigenvalue weighted by atomic mass is 10.2. The Morgan fingerprint density at radius 1 is 1.17 bits per heavy atom. The topological polar surface area (TPSA) is 71.4 Å². The quantitative estimate of drug-likeness (QED) is 0.659. The number of nitrogens with one attached hydrogen (secondary N) is 1. The average Bonchev–Trinajstić information content (AvgIpc) is 2.41. The SMILES string of the molecule is O=C=Nc1ccc(C(=O)Nc2ccccn2)cc1. The Labute approximate surface area is 103 Å². The molecule has 0 fully saturated rings. The Balaban J connectivity index is 2.12. The number of carbonyl (C=O) groups is 1. The molecule has 0 atom stereocenters. The number of nitrogens with zero attached hydrogens (tertiary/aromatic N) is 2. The fraction of sp³-hybridized carbons (Fsp3) is 0. The number of amides is 1. The Hall–Kier alpha value is -2.78. The van der Waals surface area contributed by atoms with Crippen LogP contribution >= 0.6 is 0 Å². The highest BCUT2D eigenvalue weighted by Gasteiger charge is 2.05. The predicted molar refractivity (Wildman–Crippen MR) is 66.4 cm³/mol. The summed E-state index contributed by atoms with van der Waals surface area (Å²) in [6, 6.07) is 11.5. The van der Waals surface area contributed by atoms with Crippen molar-refractivity contribution in [1.29, 1.82) is 0 Å². The van der Waals surface area contributed by atoms with E-state index in [0.29, 0.717) is 17.1 Å². The van der Waals surface area contributed by atoms with E-state index in [9.17, 15) is 9.59 Å². The van der Waals surface area contributed by atoms with Crippen LogP contribution in [0.3, 0.4) is 0 Å². The number of anilines is 1. The van der Waals surface area contributed by atoms with Crippen LogP contribution in [0, 0.1) is 0 Å². The number of aliphatic imine (C=N–C) groups is 1. The number of carbonyl (C=O) groups excluding carboxylic acids is 2. The van der Waals surface area contributed by atoms with Crippen LogP contribution in [0.15, 0.2) is 53.7 Å². The van der Waals surface area contributed by atoms with Crippen molar-refractivity contribution in [3.05, 3.63) is 54.2 Å². The van der Waals surface area contributed by atoms with Crippen LogP contribution < -0.4 is 5.32 Å². The van der Waals surface area contributed by atoms with Gasteiger partial charge in [0.1, 0.15) is 5.82 Å². The first kappa shape index (κ1) is 11.7. The first-order chi connectivity index (χ1) is 8.79. The van der Waals surface area contributed by atoms with Gasteiger partial charge in [-0.25, -0.2) is 9.78 Å². The molecule has 5 heteroatoms. The summed E-state index contributed by atoms with van der Waals surface area (Å²) < 4.78 is 0. The molecule has 0 radical (unpaired) electrons. The summed E-state index contributed by atoms with van der Waals surface area (Å²) in [4.78, 5) is 29.3. The van der Waals surface area contributed by atoms with Crippen LogP contribution in [-0.4, -0.2) is 17.0 Å². The van der Waals surface area contributed by atoms with Crippen LogP contribution in [0.4, 0.5) is 11.5 Å². The van der Waals surface area contributed by atoms with Gasteiger partial charge in [-0.2, -0.15) is 4.99 Å². The van der Waals surface area contributed by atoms with E-state index in [4.69, 9.17) is 0 Å². The molecule has 1 heterocycles. The van der Waals surface area contributed by atoms with Crippen LogP contribution in [0.25, 0.3) is 0 Å². The Kier molecular flexibility index (Phi) is 3.59. The van der Waals surface area contributed by atoms with E-state index in [-0.39, 0.29) is 5.91 Å². The van der Waals surface area contributed by atoms with E-state index in [1.54, 1.807) is 48.7 Å². The number of aromatic nitrogens is 1. The van der Waals surface area contributed by atoms with Crippen molar-refractivity contribution in [2.45, 2.75) is 0 Å². The third kappa shape index (κ3) is 2.87. The van der Waals surface area contributed by atoms with Gasteiger partial charge in [-0.05, 0) is 36.4 Å². The van der Waals surface area contributed by atoms with Gasteiger partial charge < -0.3 is 5.32 Å². The van der Waals surface area contributed by atoms with E-state index in [1.807, 2.05) is 0 Å². The summed E-state index contributed by atoms with van der Waals surface area (Å²) in [6.45, 7) is 0. The molecular formula is C13H9N3O2. The fourth-order valence-corrected chi connectivity index (χ4v) is 1.37. The largest absolute Gasteiger partial charge is 0.307 e. The fourth-order valence-electron chi connectivity index (χ4n) is 1.37. The molecule has 0 saturated carbocycles. The lowest BCUT2D eigenvalue weighted by Crippen LogP contribution is -2.12. The Bertz CT molecular complexity index is 587. The second kappa shape index (κ2) is 5.52. The molecular weight excluding hydrogens is 230 g/mol. The van der Waals surface area contributed by atoms with E-state index in [1.165, 1.54) is 6.08 Å². The van der Waals surface area contributed by atoms with Crippen molar-refractivity contribution >= 4 is 23.5 Å². The highest BCUT2D eigenvalue weighted by molar-refractivity contribution is 6.03. The first-order valence-electron chi connectivity index (χ1n) is 5.20. The minimum absolute atomic E-state index is 0.268. The second-order valence-electron chi connectivity index (χ2n) is 3.42. The molecule has 1 aromatic heterocycles. The maximum Gasteiger partial charge on any atom is 0.256 e. The van der Waals surface area contributed by atoms with Gasteiger partial charge in [-0.1, -0.05) is 6.07 Å². The number of benzene rings is 1. The number of pyridine rings is 1. The van der Waals surface area contributed by atoms with Crippen LogP contribution in [0.2, 0.25) is 0 Å². The van der Waals surface area contributed by atoms with Gasteiger partial charge in [-0.3, -0.25) is 4.79 Å². The summed E-state index contributed by atoms with van der Waals surface area (Å²) in [6.07, 6.45) is 3.03. The summed E-state index contributed by atoms with van der Waals surface area (Å²) in [5, 5.41) is 2.65. The third-order valence-corrected chi connectivity index (χ3v) is 2.21. The van der Waals surface area contributed by atoms with Crippen LogP contribution in [-0.2, 0) is 4.79 Å². The van der Waals surface area contributed by atoms with Crippen molar-refractivity contribution in [2.24, 2.45) is 4.99 Å². The standard InChI is InChI=1S/C13H9N3O2/c17-9-15-11-6-4-10(5-7-11)13(18)16-12-3-1-2-8-14-12/h1-8H,(H,14,16,18). The Morgan fingerprint density at radius 2 is 1.94 bits per heavy atom. The van der Waals surface area contributed by atoms with Gasteiger partial charge in [0.15, 0.2) is 0 Å². The molecule has 0 aliphatic carbocycles. The number of isocyanates is 1. The van der Waals surface area contributed by atoms with Crippen molar-refractivity contribution < 1.29 is 9.59 Å². The zero-order chi connectivity index (χ0) is 12.8. The molecule has 0 unspecified atom stereocenters. The van der Waals surface area contributed by atoms with Gasteiger partial charge in [0.25, 0.3) is 5.91 Å². The molecule has 1 aromatic carbocycles. The molecule has 2 aromatic rings. The van der Waals surface area contributed by atoms with E-state index in [0.717, 1.165) is 0 Å². The van der Waals surface area contributed by atoms with Crippen molar-refractivity contribution in [3.63, 3.8) is 0 Å². The number of hydrogen-bond donors (Lipinski definition) is 1. The minimum Gasteiger partial charge on any atom is -0.307 e. The summed E-state index contributed by atoms with van der Waals surface area (Å²) in [5.74, 6) is 0.216. The zero-order valence-corrected chi connectivity index (χ0v) is 9.33. The Morgan fingerprint density at radius 3 is 2.56 bits per heavy atom. The minimum atomic E-state index is -0.268. The van der Waals surface area contributed by atoms with Crippen molar-refractivity contribution in [3.8, 4) is 0 Å². The summed E-state index contributed by atoms with van der Waals surface area (Å²) >= 11 is 0. The van der Waals surface area contributed by atoms with Crippen LogP contribution in [0.1, 0.15) is 10.4 Å². The molecule has 0 aliphatic rings. The van der Waals surface area contributed by atoms with Crippen LogP contribution in [0.5, 0.6) is 0 Å². The molecule has 5 nitrogen and oxygen atoms in total. The average molecular weight is 239 g/mol. The van der Waals surface area contributed by atoms with Crippen molar-refractivity contribution in [1.82, 2.24) is 4.98 Å². The normalized spacial score (nSPS) is 9.33. The molecule has 1 amide bonds. The maximum absolute atomic E-state index is 11.8. The highest BCUT2D eigenvalue weighted by Crippen LogP contribution is 2.13. The summed E-state index contributed by atoms with van der Waals surface area (Å²) in [5.41, 5.74) is 0.921. The van der Waals surface area contributed by atoms with Gasteiger partial charge in [0.05, 0.1) is 5.69 Å². The lowest BCUT2D eigenvalue weighted by Gasteiger charge is -2.03. The predicted octanol–water partition coefficient (Wildman–Crippen LogP) is 2.30. The van der Waals surface area contributed by atoms with Gasteiger partial charge in [0.2, 0.25) is 6.08 Å². The van der Waals surface area contributed by atoms with Crippen molar-refractivity contribution in [2.75, 3.05) is 5.32 Å². The maximum atomic E-state index is 11.8. The highest BCUT2D eigenvalue weighted by atomic mass is 16.1. The zero-order valence-electron chi connectivity index (χ0n) is 9.33. The van der Waals surface area contributed by atoms with Gasteiger partial charge in [0, 0.05) is 11.8 Å². The van der Waals surface area contributed by atoms with E-state index < -0.39 is 0 Å².